The van der Waals surface area contributed by atoms with Gasteiger partial charge in [-0.15, -0.1) is 0 Å². The van der Waals surface area contributed by atoms with Gasteiger partial charge >= 0.3 is 0 Å². The Bertz CT molecular complexity index is 1240. The Labute approximate surface area is 192 Å². The van der Waals surface area contributed by atoms with Crippen molar-refractivity contribution in [1.82, 2.24) is 9.66 Å². The summed E-state index contributed by atoms with van der Waals surface area (Å²) in [5.41, 5.74) is 5.90. The van der Waals surface area contributed by atoms with Gasteiger partial charge < -0.3 is 15.2 Å². The molecule has 0 atom stereocenters. The fourth-order valence-electron chi connectivity index (χ4n) is 2.64. The van der Waals surface area contributed by atoms with Gasteiger partial charge in [0.2, 0.25) is 0 Å². The maximum Gasteiger partial charge on any atom is 0.282 e. The first-order valence-electron chi connectivity index (χ1n) is 8.43. The van der Waals surface area contributed by atoms with Crippen molar-refractivity contribution < 1.29 is 14.3 Å². The van der Waals surface area contributed by atoms with E-state index in [1.807, 2.05) is 6.07 Å². The van der Waals surface area contributed by atoms with Crippen LogP contribution in [0.25, 0.3) is 10.9 Å². The molecular formula is C19H15Br2ClN4O4. The minimum Gasteiger partial charge on any atom is -0.493 e. The van der Waals surface area contributed by atoms with Gasteiger partial charge in [0.05, 0.1) is 24.2 Å². The Morgan fingerprint density at radius 2 is 2.10 bits per heavy atom. The van der Waals surface area contributed by atoms with Gasteiger partial charge in [-0.05, 0) is 47.1 Å². The van der Waals surface area contributed by atoms with E-state index in [-0.39, 0.29) is 28.7 Å². The predicted molar refractivity (Wildman–Crippen MR) is 122 cm³/mol. The molecule has 0 aliphatic heterocycles. The molecule has 8 nitrogen and oxygen atoms in total. The number of nitrogens with two attached hydrogens (primary N) is 1. The average Bonchev–Trinajstić information content (AvgIpc) is 2.70. The molecule has 2 aromatic carbocycles. The van der Waals surface area contributed by atoms with E-state index in [0.29, 0.717) is 26.8 Å². The van der Waals surface area contributed by atoms with Crippen LogP contribution in [0.1, 0.15) is 11.4 Å². The Balaban J connectivity index is 2.07. The van der Waals surface area contributed by atoms with Gasteiger partial charge in [0, 0.05) is 14.5 Å². The van der Waals surface area contributed by atoms with E-state index in [0.717, 1.165) is 4.47 Å². The van der Waals surface area contributed by atoms with Crippen LogP contribution in [0.5, 0.6) is 11.5 Å². The second kappa shape index (κ2) is 9.15. The minimum absolute atomic E-state index is 0.160. The van der Waals surface area contributed by atoms with E-state index >= 15 is 0 Å². The summed E-state index contributed by atoms with van der Waals surface area (Å²) in [5, 5.41) is 4.87. The lowest BCUT2D eigenvalue weighted by Crippen LogP contribution is -2.21. The van der Waals surface area contributed by atoms with E-state index in [1.54, 1.807) is 25.1 Å². The molecule has 1 heterocycles. The zero-order chi connectivity index (χ0) is 22.0. The highest BCUT2D eigenvalue weighted by atomic mass is 79.9. The van der Waals surface area contributed by atoms with E-state index in [9.17, 15) is 9.59 Å². The molecule has 0 spiro atoms. The van der Waals surface area contributed by atoms with Gasteiger partial charge in [0.25, 0.3) is 11.5 Å². The summed E-state index contributed by atoms with van der Waals surface area (Å²) in [4.78, 5) is 28.3. The lowest BCUT2D eigenvalue weighted by molar-refractivity contribution is -0.119. The number of methoxy groups -OCH3 is 1. The smallest absolute Gasteiger partial charge is 0.282 e. The quantitative estimate of drug-likeness (QED) is 0.465. The monoisotopic (exact) mass is 556 g/mol. The molecule has 3 rings (SSSR count). The number of fused-ring (bicyclic) bond motifs is 1. The van der Waals surface area contributed by atoms with Crippen molar-refractivity contribution >= 4 is 66.5 Å². The number of aromatic nitrogens is 2. The number of hydrogen-bond acceptors (Lipinski definition) is 6. The molecule has 1 amide bonds. The van der Waals surface area contributed by atoms with Gasteiger partial charge in [0.1, 0.15) is 10.8 Å². The third-order valence-electron chi connectivity index (χ3n) is 4.02. The summed E-state index contributed by atoms with van der Waals surface area (Å²) in [5.74, 6) is 0.199. The number of aryl methyl sites for hydroxylation is 1. The predicted octanol–water partition coefficient (Wildman–Crippen LogP) is 3.64. The summed E-state index contributed by atoms with van der Waals surface area (Å²) in [6, 6.07) is 6.86. The molecule has 0 aliphatic rings. The van der Waals surface area contributed by atoms with Gasteiger partial charge in [-0.25, -0.2) is 4.98 Å². The molecular weight excluding hydrogens is 543 g/mol. The van der Waals surface area contributed by atoms with E-state index < -0.39 is 5.91 Å². The first-order chi connectivity index (χ1) is 14.2. The zero-order valence-electron chi connectivity index (χ0n) is 15.8. The van der Waals surface area contributed by atoms with Gasteiger partial charge in [-0.1, -0.05) is 27.5 Å². The third kappa shape index (κ3) is 4.50. The molecule has 2 N–H and O–H groups in total. The molecule has 0 bridgehead atoms. The molecule has 0 radical (unpaired) electrons. The first kappa shape index (κ1) is 22.3. The van der Waals surface area contributed by atoms with Gasteiger partial charge in [0.15, 0.2) is 18.1 Å². The number of halogens is 3. The zero-order valence-corrected chi connectivity index (χ0v) is 19.7. The fraction of sp³-hybridized carbons (Fsp3) is 0.158. The maximum atomic E-state index is 12.9. The number of ether oxygens (including phenoxy) is 2. The minimum atomic E-state index is -0.653. The number of primary amides is 1. The van der Waals surface area contributed by atoms with Crippen LogP contribution >= 0.6 is 43.5 Å². The molecule has 0 saturated carbocycles. The normalized spacial score (nSPS) is 11.2. The van der Waals surface area contributed by atoms with Gasteiger partial charge in [-0.2, -0.15) is 9.78 Å². The Morgan fingerprint density at radius 1 is 1.37 bits per heavy atom. The number of rotatable bonds is 6. The summed E-state index contributed by atoms with van der Waals surface area (Å²) >= 11 is 13.1. The van der Waals surface area contributed by atoms with Gasteiger partial charge in [-0.3, -0.25) is 9.59 Å². The molecule has 30 heavy (non-hydrogen) atoms. The number of carbonyl (C=O) groups excluding carboxylic acids is 1. The van der Waals surface area contributed by atoms with E-state index in [1.165, 1.54) is 18.0 Å². The molecule has 156 valence electrons. The molecule has 11 heteroatoms. The van der Waals surface area contributed by atoms with Crippen LogP contribution < -0.4 is 20.8 Å². The third-order valence-corrected chi connectivity index (χ3v) is 5.95. The Hall–Kier alpha value is -2.43. The highest BCUT2D eigenvalue weighted by Crippen LogP contribution is 2.42. The van der Waals surface area contributed by atoms with Crippen molar-refractivity contribution in [2.45, 2.75) is 6.92 Å². The highest BCUT2D eigenvalue weighted by Gasteiger charge is 2.18. The number of carbonyl (C=O) groups is 1. The van der Waals surface area contributed by atoms with Crippen molar-refractivity contribution in [2.24, 2.45) is 10.8 Å². The molecule has 0 saturated heterocycles. The van der Waals surface area contributed by atoms with Crippen LogP contribution in [-0.2, 0) is 4.79 Å². The SMILES string of the molecule is COc1cc(C=Nn2c(C)nc3ccc(Br)cc3c2=O)c(Br)c(Cl)c1OCC(N)=O. The average molecular weight is 559 g/mol. The second-order valence-corrected chi connectivity index (χ2v) is 8.15. The van der Waals surface area contributed by atoms with Crippen LogP contribution in [0.2, 0.25) is 5.02 Å². The summed E-state index contributed by atoms with van der Waals surface area (Å²) < 4.78 is 13.0. The summed E-state index contributed by atoms with van der Waals surface area (Å²) in [6.45, 7) is 1.33. The summed E-state index contributed by atoms with van der Waals surface area (Å²) in [6.07, 6.45) is 1.44. The standard InChI is InChI=1S/C19H15Br2ClN4O4/c1-9-25-13-4-3-11(20)6-12(13)19(28)26(9)24-7-10-5-14(29-2)18(17(22)16(10)21)30-8-15(23)27/h3-7H,8H2,1-2H3,(H2,23,27). The highest BCUT2D eigenvalue weighted by molar-refractivity contribution is 9.10. The Kier molecular flexibility index (Phi) is 6.79. The summed E-state index contributed by atoms with van der Waals surface area (Å²) in [7, 11) is 1.43. The number of nitrogens with zero attached hydrogens (tertiary/aromatic N) is 3. The molecule has 0 fully saturated rings. The Morgan fingerprint density at radius 3 is 2.77 bits per heavy atom. The van der Waals surface area contributed by atoms with E-state index in [2.05, 4.69) is 41.9 Å². The lowest BCUT2D eigenvalue weighted by Gasteiger charge is -2.14. The van der Waals surface area contributed by atoms with Crippen molar-refractivity contribution in [1.29, 1.82) is 0 Å². The van der Waals surface area contributed by atoms with Crippen LogP contribution in [0, 0.1) is 6.92 Å². The largest absolute Gasteiger partial charge is 0.493 e. The van der Waals surface area contributed by atoms with Crippen molar-refractivity contribution in [3.05, 3.63) is 60.0 Å². The number of hydrogen-bond donors (Lipinski definition) is 1. The van der Waals surface area contributed by atoms with Crippen molar-refractivity contribution in [3.63, 3.8) is 0 Å². The van der Waals surface area contributed by atoms with E-state index in [4.69, 9.17) is 26.8 Å². The van der Waals surface area contributed by atoms with Crippen LogP contribution in [0.4, 0.5) is 0 Å². The van der Waals surface area contributed by atoms with Crippen LogP contribution in [0.3, 0.4) is 0 Å². The molecule has 0 unspecified atom stereocenters. The van der Waals surface area contributed by atoms with Crippen molar-refractivity contribution in [3.8, 4) is 11.5 Å². The molecule has 1 aromatic heterocycles. The van der Waals surface area contributed by atoms with Crippen LogP contribution in [-0.4, -0.2) is 35.5 Å². The van der Waals surface area contributed by atoms with Crippen LogP contribution in [0.15, 0.2) is 43.1 Å². The maximum absolute atomic E-state index is 12.9. The van der Waals surface area contributed by atoms with Crippen molar-refractivity contribution in [2.75, 3.05) is 13.7 Å². The molecule has 3 aromatic rings. The first-order valence-corrected chi connectivity index (χ1v) is 10.4. The topological polar surface area (TPSA) is 109 Å². The molecule has 0 aliphatic carbocycles. The lowest BCUT2D eigenvalue weighted by atomic mass is 10.2. The second-order valence-electron chi connectivity index (χ2n) is 6.06. The number of amides is 1. The fourth-order valence-corrected chi connectivity index (χ4v) is 3.66. The number of benzene rings is 2.